The third kappa shape index (κ3) is 3.31. The Bertz CT molecular complexity index is 790. The SMILES string of the molecule is CC(=O)C=C(C)Nc1cc(-c2ccncc2)c(C)n(C)c1=O. The van der Waals surface area contributed by atoms with Gasteiger partial charge in [0.05, 0.1) is 0 Å². The van der Waals surface area contributed by atoms with E-state index < -0.39 is 0 Å². The fourth-order valence-electron chi connectivity index (χ4n) is 2.29. The second kappa shape index (κ2) is 6.39. The van der Waals surface area contributed by atoms with Crippen LogP contribution in [0, 0.1) is 6.92 Å². The Morgan fingerprint density at radius 2 is 1.91 bits per heavy atom. The minimum Gasteiger partial charge on any atom is -0.355 e. The van der Waals surface area contributed by atoms with Crippen LogP contribution in [0.1, 0.15) is 19.5 Å². The summed E-state index contributed by atoms with van der Waals surface area (Å²) in [6, 6.07) is 5.61. The lowest BCUT2D eigenvalue weighted by Gasteiger charge is -2.14. The molecule has 5 nitrogen and oxygen atoms in total. The van der Waals surface area contributed by atoms with Crippen LogP contribution in [0.2, 0.25) is 0 Å². The van der Waals surface area contributed by atoms with Crippen LogP contribution in [0.5, 0.6) is 0 Å². The van der Waals surface area contributed by atoms with Gasteiger partial charge in [-0.05, 0) is 50.6 Å². The molecule has 0 aliphatic carbocycles. The highest BCUT2D eigenvalue weighted by atomic mass is 16.1. The number of hydrogen-bond donors (Lipinski definition) is 1. The molecule has 0 saturated heterocycles. The summed E-state index contributed by atoms with van der Waals surface area (Å²) in [6.45, 7) is 5.13. The van der Waals surface area contributed by atoms with Crippen molar-refractivity contribution >= 4 is 11.5 Å². The molecule has 2 rings (SSSR count). The van der Waals surface area contributed by atoms with Gasteiger partial charge in [-0.25, -0.2) is 0 Å². The summed E-state index contributed by atoms with van der Waals surface area (Å²) in [5.41, 5.74) is 3.74. The van der Waals surface area contributed by atoms with Crippen LogP contribution < -0.4 is 10.9 Å². The number of carbonyl (C=O) groups is 1. The first-order valence-corrected chi connectivity index (χ1v) is 6.97. The molecule has 0 fully saturated rings. The van der Waals surface area contributed by atoms with Crippen LogP contribution in [0.15, 0.2) is 47.2 Å². The van der Waals surface area contributed by atoms with Gasteiger partial charge in [-0.15, -0.1) is 0 Å². The van der Waals surface area contributed by atoms with Crippen molar-refractivity contribution in [3.63, 3.8) is 0 Å². The highest BCUT2D eigenvalue weighted by Crippen LogP contribution is 2.24. The maximum absolute atomic E-state index is 12.4. The fourth-order valence-corrected chi connectivity index (χ4v) is 2.29. The summed E-state index contributed by atoms with van der Waals surface area (Å²) in [5.74, 6) is -0.0664. The molecule has 0 aromatic carbocycles. The number of carbonyl (C=O) groups excluding carboxylic acids is 1. The normalized spacial score (nSPS) is 11.4. The molecule has 0 bridgehead atoms. The van der Waals surface area contributed by atoms with Gasteiger partial charge in [0.2, 0.25) is 0 Å². The predicted molar refractivity (Wildman–Crippen MR) is 87.7 cm³/mol. The molecule has 1 N–H and O–H groups in total. The van der Waals surface area contributed by atoms with Gasteiger partial charge in [0, 0.05) is 36.4 Å². The molecule has 2 aromatic rings. The Morgan fingerprint density at radius 3 is 2.50 bits per heavy atom. The summed E-state index contributed by atoms with van der Waals surface area (Å²) in [7, 11) is 1.73. The van der Waals surface area contributed by atoms with Crippen molar-refractivity contribution in [1.82, 2.24) is 9.55 Å². The Kier molecular flexibility index (Phi) is 4.56. The zero-order valence-corrected chi connectivity index (χ0v) is 13.2. The van der Waals surface area contributed by atoms with E-state index in [0.29, 0.717) is 11.4 Å². The van der Waals surface area contributed by atoms with E-state index in [9.17, 15) is 9.59 Å². The molecular weight excluding hydrogens is 278 g/mol. The van der Waals surface area contributed by atoms with Gasteiger partial charge in [-0.2, -0.15) is 0 Å². The molecule has 22 heavy (non-hydrogen) atoms. The first-order chi connectivity index (χ1) is 10.4. The van der Waals surface area contributed by atoms with Crippen molar-refractivity contribution in [3.05, 3.63) is 58.4 Å². The second-order valence-electron chi connectivity index (χ2n) is 5.22. The first-order valence-electron chi connectivity index (χ1n) is 6.97. The lowest BCUT2D eigenvalue weighted by atomic mass is 10.0. The van der Waals surface area contributed by atoms with Gasteiger partial charge in [0.25, 0.3) is 5.56 Å². The van der Waals surface area contributed by atoms with E-state index in [0.717, 1.165) is 16.8 Å². The number of hydrogen-bond acceptors (Lipinski definition) is 4. The fraction of sp³-hybridized carbons (Fsp3) is 0.235. The lowest BCUT2D eigenvalue weighted by molar-refractivity contribution is -0.112. The van der Waals surface area contributed by atoms with E-state index in [-0.39, 0.29) is 11.3 Å². The molecule has 0 spiro atoms. The van der Waals surface area contributed by atoms with Crippen LogP contribution in [0.4, 0.5) is 5.69 Å². The van der Waals surface area contributed by atoms with Gasteiger partial charge in [-0.1, -0.05) is 0 Å². The number of nitrogens with zero attached hydrogens (tertiary/aromatic N) is 2. The van der Waals surface area contributed by atoms with E-state index in [1.807, 2.05) is 25.1 Å². The van der Waals surface area contributed by atoms with Crippen molar-refractivity contribution in [2.45, 2.75) is 20.8 Å². The second-order valence-corrected chi connectivity index (χ2v) is 5.22. The van der Waals surface area contributed by atoms with Crippen molar-refractivity contribution in [3.8, 4) is 11.1 Å². The Balaban J connectivity index is 2.55. The predicted octanol–water partition coefficient (Wildman–Crippen LogP) is 2.66. The van der Waals surface area contributed by atoms with Crippen molar-refractivity contribution in [2.24, 2.45) is 7.05 Å². The highest BCUT2D eigenvalue weighted by molar-refractivity contribution is 5.88. The molecule has 0 aliphatic rings. The number of pyridine rings is 2. The average molecular weight is 297 g/mol. The van der Waals surface area contributed by atoms with Crippen LogP contribution in [0.3, 0.4) is 0 Å². The largest absolute Gasteiger partial charge is 0.355 e. The zero-order valence-electron chi connectivity index (χ0n) is 13.2. The lowest BCUT2D eigenvalue weighted by Crippen LogP contribution is -2.23. The van der Waals surface area contributed by atoms with Gasteiger partial charge in [-0.3, -0.25) is 14.6 Å². The maximum Gasteiger partial charge on any atom is 0.274 e. The molecule has 0 atom stereocenters. The molecule has 0 aliphatic heterocycles. The molecule has 0 unspecified atom stereocenters. The van der Waals surface area contributed by atoms with Crippen LogP contribution in [-0.4, -0.2) is 15.3 Å². The zero-order chi connectivity index (χ0) is 16.3. The summed E-state index contributed by atoms with van der Waals surface area (Å²) < 4.78 is 1.60. The smallest absolute Gasteiger partial charge is 0.274 e. The molecule has 0 saturated carbocycles. The topological polar surface area (TPSA) is 64.0 Å². The van der Waals surface area contributed by atoms with Gasteiger partial charge in [0.1, 0.15) is 5.69 Å². The number of rotatable bonds is 4. The number of anilines is 1. The average Bonchev–Trinajstić information content (AvgIpc) is 2.48. The van der Waals surface area contributed by atoms with Gasteiger partial charge < -0.3 is 9.88 Å². The minimum absolute atomic E-state index is 0.0664. The third-order valence-corrected chi connectivity index (χ3v) is 3.46. The van der Waals surface area contributed by atoms with E-state index in [2.05, 4.69) is 10.3 Å². The van der Waals surface area contributed by atoms with E-state index in [1.165, 1.54) is 13.0 Å². The Labute approximate surface area is 129 Å². The molecule has 2 heterocycles. The Hall–Kier alpha value is -2.69. The first kappa shape index (κ1) is 15.7. The summed E-state index contributed by atoms with van der Waals surface area (Å²) in [6.07, 6.45) is 4.90. The summed E-state index contributed by atoms with van der Waals surface area (Å²) in [4.78, 5) is 27.5. The third-order valence-electron chi connectivity index (χ3n) is 3.46. The van der Waals surface area contributed by atoms with Crippen LogP contribution >= 0.6 is 0 Å². The quantitative estimate of drug-likeness (QED) is 0.881. The van der Waals surface area contributed by atoms with E-state index in [4.69, 9.17) is 0 Å². The van der Waals surface area contributed by atoms with Crippen LogP contribution in [-0.2, 0) is 11.8 Å². The highest BCUT2D eigenvalue weighted by Gasteiger charge is 2.11. The Morgan fingerprint density at radius 1 is 1.27 bits per heavy atom. The molecular formula is C17H19N3O2. The van der Waals surface area contributed by atoms with Gasteiger partial charge >= 0.3 is 0 Å². The summed E-state index contributed by atoms with van der Waals surface area (Å²) >= 11 is 0. The summed E-state index contributed by atoms with van der Waals surface area (Å²) in [5, 5.41) is 3.01. The minimum atomic E-state index is -0.133. The number of ketones is 1. The van der Waals surface area contributed by atoms with Crippen molar-refractivity contribution < 1.29 is 4.79 Å². The number of nitrogens with one attached hydrogen (secondary N) is 1. The monoisotopic (exact) mass is 297 g/mol. The molecule has 2 aromatic heterocycles. The molecule has 114 valence electrons. The van der Waals surface area contributed by atoms with E-state index in [1.54, 1.807) is 30.9 Å². The van der Waals surface area contributed by atoms with Crippen molar-refractivity contribution in [2.75, 3.05) is 5.32 Å². The standard InChI is InChI=1S/C17H19N3O2/c1-11(9-12(2)21)19-16-10-15(13(3)20(4)17(16)22)14-5-7-18-8-6-14/h5-10,19H,1-4H3. The molecule has 0 amide bonds. The van der Waals surface area contributed by atoms with Crippen LogP contribution in [0.25, 0.3) is 11.1 Å². The van der Waals surface area contributed by atoms with Gasteiger partial charge in [0.15, 0.2) is 5.78 Å². The molecule has 0 radical (unpaired) electrons. The van der Waals surface area contributed by atoms with Crippen molar-refractivity contribution in [1.29, 1.82) is 0 Å². The van der Waals surface area contributed by atoms with E-state index >= 15 is 0 Å². The molecule has 5 heteroatoms. The number of aromatic nitrogens is 2. The maximum atomic E-state index is 12.4. The number of allylic oxidation sites excluding steroid dienone is 2.